The van der Waals surface area contributed by atoms with Crippen LogP contribution in [-0.2, 0) is 23.8 Å². The van der Waals surface area contributed by atoms with Crippen LogP contribution in [0.1, 0.15) is 48.0 Å². The molecule has 0 aromatic rings. The topological polar surface area (TPSA) is 61.8 Å². The van der Waals surface area contributed by atoms with Gasteiger partial charge in [0.05, 0.1) is 17.4 Å². The Kier molecular flexibility index (Phi) is 5.19. The second-order valence-corrected chi connectivity index (χ2v) is 7.24. The Bertz CT molecular complexity index is 361. The molecule has 20 heavy (non-hydrogen) atoms. The van der Waals surface area contributed by atoms with Crippen molar-refractivity contribution in [1.29, 1.82) is 0 Å². The van der Waals surface area contributed by atoms with Gasteiger partial charge in [-0.2, -0.15) is 0 Å². The van der Waals surface area contributed by atoms with Gasteiger partial charge >= 0.3 is 11.9 Å². The van der Waals surface area contributed by atoms with Crippen LogP contribution in [0, 0.1) is 10.8 Å². The minimum Gasteiger partial charge on any atom is -0.462 e. The number of hydrogen-bond donors (Lipinski definition) is 0. The van der Waals surface area contributed by atoms with Crippen LogP contribution in [0.3, 0.4) is 0 Å². The van der Waals surface area contributed by atoms with Crippen molar-refractivity contribution in [3.63, 3.8) is 0 Å². The van der Waals surface area contributed by atoms with Crippen LogP contribution in [0.5, 0.6) is 0 Å². The molecule has 1 heterocycles. The lowest BCUT2D eigenvalue weighted by Crippen LogP contribution is -2.36. The van der Waals surface area contributed by atoms with Gasteiger partial charge in [-0.05, 0) is 41.5 Å². The first kappa shape index (κ1) is 17.0. The van der Waals surface area contributed by atoms with Gasteiger partial charge in [0.25, 0.3) is 0 Å². The van der Waals surface area contributed by atoms with E-state index in [4.69, 9.17) is 14.2 Å². The van der Waals surface area contributed by atoms with Gasteiger partial charge in [-0.1, -0.05) is 0 Å². The van der Waals surface area contributed by atoms with Crippen molar-refractivity contribution in [3.05, 3.63) is 0 Å². The second kappa shape index (κ2) is 6.12. The number of esters is 2. The minimum atomic E-state index is -0.546. The predicted octanol–water partition coefficient (Wildman–Crippen LogP) is 2.32. The Morgan fingerprint density at radius 3 is 2.10 bits per heavy atom. The number of carbonyl (C=O) groups is 2. The van der Waals surface area contributed by atoms with Crippen LogP contribution in [0.25, 0.3) is 0 Å². The summed E-state index contributed by atoms with van der Waals surface area (Å²) in [4.78, 5) is 23.6. The molecule has 1 saturated heterocycles. The van der Waals surface area contributed by atoms with Gasteiger partial charge in [-0.15, -0.1) is 0 Å². The molecule has 1 fully saturated rings. The van der Waals surface area contributed by atoms with Gasteiger partial charge in [-0.3, -0.25) is 9.59 Å². The van der Waals surface area contributed by atoms with Crippen molar-refractivity contribution in [1.82, 2.24) is 0 Å². The fourth-order valence-corrected chi connectivity index (χ4v) is 1.61. The molecule has 0 amide bonds. The van der Waals surface area contributed by atoms with E-state index < -0.39 is 10.8 Å². The molecule has 1 aliphatic heterocycles. The van der Waals surface area contributed by atoms with E-state index in [-0.39, 0.29) is 30.8 Å². The van der Waals surface area contributed by atoms with Gasteiger partial charge in [-0.25, -0.2) is 0 Å². The average molecular weight is 286 g/mol. The fourth-order valence-electron chi connectivity index (χ4n) is 1.61. The molecule has 0 saturated carbocycles. The van der Waals surface area contributed by atoms with Crippen LogP contribution >= 0.6 is 0 Å². The van der Waals surface area contributed by atoms with Crippen LogP contribution in [0.2, 0.25) is 0 Å². The summed E-state index contributed by atoms with van der Waals surface area (Å²) >= 11 is 0. The number of ether oxygens (including phenoxy) is 3. The van der Waals surface area contributed by atoms with Gasteiger partial charge in [0.15, 0.2) is 0 Å². The van der Waals surface area contributed by atoms with Crippen LogP contribution < -0.4 is 0 Å². The maximum absolute atomic E-state index is 11.9. The highest BCUT2D eigenvalue weighted by Crippen LogP contribution is 2.24. The molecule has 0 aliphatic carbocycles. The van der Waals surface area contributed by atoms with Gasteiger partial charge in [0.2, 0.25) is 0 Å². The van der Waals surface area contributed by atoms with Crippen molar-refractivity contribution in [2.75, 3.05) is 13.2 Å². The number of hydrogen-bond acceptors (Lipinski definition) is 5. The molecule has 116 valence electrons. The first-order valence-corrected chi connectivity index (χ1v) is 7.02. The minimum absolute atomic E-state index is 0.123. The monoisotopic (exact) mass is 286 g/mol. The van der Waals surface area contributed by atoms with Crippen molar-refractivity contribution in [2.24, 2.45) is 10.8 Å². The molecule has 5 nitrogen and oxygen atoms in total. The van der Waals surface area contributed by atoms with E-state index in [0.29, 0.717) is 13.0 Å². The summed E-state index contributed by atoms with van der Waals surface area (Å²) in [6.45, 7) is 11.4. The zero-order chi connectivity index (χ0) is 15.6. The van der Waals surface area contributed by atoms with E-state index in [0.717, 1.165) is 0 Å². The third-order valence-electron chi connectivity index (χ3n) is 3.01. The van der Waals surface area contributed by atoms with E-state index >= 15 is 0 Å². The molecule has 0 N–H and O–H groups in total. The summed E-state index contributed by atoms with van der Waals surface area (Å²) in [5.74, 6) is -0.547. The van der Waals surface area contributed by atoms with Gasteiger partial charge < -0.3 is 14.2 Å². The lowest BCUT2D eigenvalue weighted by Gasteiger charge is -2.24. The normalized spacial score (nSPS) is 23.5. The Labute approximate surface area is 121 Å². The van der Waals surface area contributed by atoms with E-state index in [1.165, 1.54) is 0 Å². The molecular weight excluding hydrogens is 260 g/mol. The SMILES string of the molecule is CC(C)(C)C(=O)OCC1OCCC1OC(=O)C(C)(C)C. The highest BCUT2D eigenvalue weighted by atomic mass is 16.6. The lowest BCUT2D eigenvalue weighted by molar-refractivity contribution is -0.166. The average Bonchev–Trinajstić information content (AvgIpc) is 2.70. The largest absolute Gasteiger partial charge is 0.462 e. The standard InChI is InChI=1S/C15H26O5/c1-14(2,3)12(16)19-9-11-10(7-8-18-11)20-13(17)15(4,5)6/h10-11H,7-9H2,1-6H3. The van der Waals surface area contributed by atoms with Crippen molar-refractivity contribution < 1.29 is 23.8 Å². The summed E-state index contributed by atoms with van der Waals surface area (Å²) in [7, 11) is 0. The highest BCUT2D eigenvalue weighted by molar-refractivity contribution is 5.76. The van der Waals surface area contributed by atoms with Crippen LogP contribution in [0.15, 0.2) is 0 Å². The fraction of sp³-hybridized carbons (Fsp3) is 0.867. The van der Waals surface area contributed by atoms with Crippen molar-refractivity contribution in [2.45, 2.75) is 60.2 Å². The number of carbonyl (C=O) groups excluding carboxylic acids is 2. The van der Waals surface area contributed by atoms with Crippen LogP contribution in [0.4, 0.5) is 0 Å². The first-order chi connectivity index (χ1) is 9.01. The van der Waals surface area contributed by atoms with E-state index in [2.05, 4.69) is 0 Å². The molecule has 2 unspecified atom stereocenters. The molecule has 0 aromatic carbocycles. The maximum Gasteiger partial charge on any atom is 0.311 e. The zero-order valence-corrected chi connectivity index (χ0v) is 13.3. The summed E-state index contributed by atoms with van der Waals surface area (Å²) < 4.78 is 16.2. The number of rotatable bonds is 3. The van der Waals surface area contributed by atoms with E-state index in [1.807, 2.05) is 0 Å². The Morgan fingerprint density at radius 2 is 1.60 bits per heavy atom. The smallest absolute Gasteiger partial charge is 0.311 e. The molecule has 0 aromatic heterocycles. The van der Waals surface area contributed by atoms with E-state index in [9.17, 15) is 9.59 Å². The highest BCUT2D eigenvalue weighted by Gasteiger charge is 2.36. The first-order valence-electron chi connectivity index (χ1n) is 7.02. The Balaban J connectivity index is 2.50. The Hall–Kier alpha value is -1.10. The van der Waals surface area contributed by atoms with Crippen LogP contribution in [-0.4, -0.2) is 37.4 Å². The Morgan fingerprint density at radius 1 is 1.05 bits per heavy atom. The lowest BCUT2D eigenvalue weighted by atomic mass is 9.97. The summed E-state index contributed by atoms with van der Waals surface area (Å²) in [5.41, 5.74) is -1.09. The quantitative estimate of drug-likeness (QED) is 0.745. The van der Waals surface area contributed by atoms with Gasteiger partial charge in [0.1, 0.15) is 18.8 Å². The molecule has 0 bridgehead atoms. The summed E-state index contributed by atoms with van der Waals surface area (Å²) in [6, 6.07) is 0. The summed E-state index contributed by atoms with van der Waals surface area (Å²) in [6.07, 6.45) is -0.0679. The molecule has 0 spiro atoms. The zero-order valence-electron chi connectivity index (χ0n) is 13.3. The van der Waals surface area contributed by atoms with Crippen molar-refractivity contribution >= 4 is 11.9 Å². The van der Waals surface area contributed by atoms with E-state index in [1.54, 1.807) is 41.5 Å². The summed E-state index contributed by atoms with van der Waals surface area (Å²) in [5, 5.41) is 0. The van der Waals surface area contributed by atoms with Gasteiger partial charge in [0, 0.05) is 6.42 Å². The second-order valence-electron chi connectivity index (χ2n) is 7.24. The molecule has 1 rings (SSSR count). The third kappa shape index (κ3) is 4.78. The molecule has 2 atom stereocenters. The van der Waals surface area contributed by atoms with Crippen molar-refractivity contribution in [3.8, 4) is 0 Å². The molecule has 0 radical (unpaired) electrons. The predicted molar refractivity (Wildman–Crippen MR) is 74.1 cm³/mol. The third-order valence-corrected chi connectivity index (χ3v) is 3.01. The molecule has 5 heteroatoms. The molecule has 1 aliphatic rings. The maximum atomic E-state index is 11.9. The molecular formula is C15H26O5.